The molecule has 1 unspecified atom stereocenters. The minimum Gasteiger partial charge on any atom is -0.468 e. The van der Waals surface area contributed by atoms with E-state index in [1.54, 1.807) is 41.5 Å². The molecule has 0 aromatic heterocycles. The van der Waals surface area contributed by atoms with Crippen molar-refractivity contribution in [3.8, 4) is 0 Å². The van der Waals surface area contributed by atoms with Gasteiger partial charge in [-0.1, -0.05) is 0 Å². The van der Waals surface area contributed by atoms with E-state index in [-0.39, 0.29) is 6.54 Å². The Labute approximate surface area is 142 Å². The lowest BCUT2D eigenvalue weighted by atomic mass is 9.91. The maximum atomic E-state index is 12.3. The molecule has 0 aromatic carbocycles. The lowest BCUT2D eigenvalue weighted by molar-refractivity contribution is -0.172. The Balaban J connectivity index is 5.63. The van der Waals surface area contributed by atoms with Gasteiger partial charge in [0.25, 0.3) is 0 Å². The van der Waals surface area contributed by atoms with E-state index in [0.717, 1.165) is 12.0 Å². The van der Waals surface area contributed by atoms with Crippen LogP contribution in [0.15, 0.2) is 0 Å². The van der Waals surface area contributed by atoms with Crippen molar-refractivity contribution in [3.05, 3.63) is 0 Å². The molecule has 138 valence electrons. The third-order valence-corrected chi connectivity index (χ3v) is 3.15. The number of amides is 1. The Hall–Kier alpha value is -2.12. The molecule has 24 heavy (non-hydrogen) atoms. The second kappa shape index (κ2) is 8.12. The van der Waals surface area contributed by atoms with Gasteiger partial charge >= 0.3 is 18.0 Å². The summed E-state index contributed by atoms with van der Waals surface area (Å²) in [5, 5.41) is 9.33. The number of rotatable bonds is 6. The Kier molecular flexibility index (Phi) is 7.40. The Morgan fingerprint density at radius 2 is 1.58 bits per heavy atom. The highest BCUT2D eigenvalue weighted by Gasteiger charge is 2.42. The summed E-state index contributed by atoms with van der Waals surface area (Å²) in [7, 11) is 1.08. The molecule has 0 aliphatic heterocycles. The fourth-order valence-electron chi connectivity index (χ4n) is 2.01. The van der Waals surface area contributed by atoms with Crippen LogP contribution < -0.4 is 0 Å². The average Bonchev–Trinajstić information content (AvgIpc) is 2.38. The summed E-state index contributed by atoms with van der Waals surface area (Å²) in [6.45, 7) is 9.45. The molecule has 0 saturated heterocycles. The van der Waals surface area contributed by atoms with Crippen molar-refractivity contribution < 1.29 is 33.8 Å². The number of esters is 2. The summed E-state index contributed by atoms with van der Waals surface area (Å²) in [4.78, 5) is 48.2. The first-order valence-electron chi connectivity index (χ1n) is 7.51. The Bertz CT molecular complexity index is 488. The quantitative estimate of drug-likeness (QED) is 0.443. The average molecular weight is 345 g/mol. The second-order valence-corrected chi connectivity index (χ2v) is 7.40. The first-order chi connectivity index (χ1) is 10.7. The normalized spacial score (nSPS) is 14.3. The van der Waals surface area contributed by atoms with Crippen LogP contribution in [0.3, 0.4) is 0 Å². The zero-order valence-corrected chi connectivity index (χ0v) is 15.3. The van der Waals surface area contributed by atoms with Crippen molar-refractivity contribution in [2.45, 2.75) is 52.7 Å². The fraction of sp³-hybridized carbons (Fsp3) is 0.750. The molecule has 1 amide bonds. The van der Waals surface area contributed by atoms with Gasteiger partial charge in [0, 0.05) is 12.1 Å². The zero-order chi connectivity index (χ0) is 19.3. The molecule has 0 saturated carbocycles. The SMILES string of the molecule is COC(=O)C(C(=O)OC(C)(C)C)[C@H](C=O)CN(C(=O)O)C(C)(C)C. The van der Waals surface area contributed by atoms with E-state index >= 15 is 0 Å². The Morgan fingerprint density at radius 1 is 1.08 bits per heavy atom. The molecule has 0 radical (unpaired) electrons. The summed E-state index contributed by atoms with van der Waals surface area (Å²) in [6, 6.07) is 0. The zero-order valence-electron chi connectivity index (χ0n) is 15.3. The van der Waals surface area contributed by atoms with Crippen LogP contribution in [0.1, 0.15) is 41.5 Å². The van der Waals surface area contributed by atoms with Crippen molar-refractivity contribution in [2.24, 2.45) is 11.8 Å². The van der Waals surface area contributed by atoms with E-state index in [0.29, 0.717) is 6.29 Å². The van der Waals surface area contributed by atoms with Crippen LogP contribution in [0, 0.1) is 11.8 Å². The van der Waals surface area contributed by atoms with E-state index < -0.39 is 41.0 Å². The number of hydrogen-bond donors (Lipinski definition) is 1. The third-order valence-electron chi connectivity index (χ3n) is 3.15. The second-order valence-electron chi connectivity index (χ2n) is 7.40. The molecular formula is C16H27NO7. The number of carbonyl (C=O) groups excluding carboxylic acids is 3. The van der Waals surface area contributed by atoms with Gasteiger partial charge in [-0.25, -0.2) is 4.79 Å². The van der Waals surface area contributed by atoms with E-state index in [2.05, 4.69) is 4.74 Å². The maximum Gasteiger partial charge on any atom is 0.407 e. The summed E-state index contributed by atoms with van der Waals surface area (Å²) in [6.07, 6.45) is -0.880. The molecule has 0 bridgehead atoms. The molecule has 0 aliphatic rings. The molecule has 0 rings (SSSR count). The molecule has 8 heteroatoms. The van der Waals surface area contributed by atoms with Gasteiger partial charge < -0.3 is 24.3 Å². The van der Waals surface area contributed by atoms with E-state index in [9.17, 15) is 24.3 Å². The number of nitrogens with zero attached hydrogens (tertiary/aromatic N) is 1. The van der Waals surface area contributed by atoms with Crippen LogP contribution in [-0.4, -0.2) is 59.1 Å². The Morgan fingerprint density at radius 3 is 1.88 bits per heavy atom. The van der Waals surface area contributed by atoms with Crippen molar-refractivity contribution in [2.75, 3.05) is 13.7 Å². The summed E-state index contributed by atoms with van der Waals surface area (Å²) in [5.41, 5.74) is -1.69. The number of carbonyl (C=O) groups is 4. The van der Waals surface area contributed by atoms with E-state index in [1.165, 1.54) is 0 Å². The van der Waals surface area contributed by atoms with Gasteiger partial charge in [0.2, 0.25) is 0 Å². The predicted molar refractivity (Wildman–Crippen MR) is 85.4 cm³/mol. The van der Waals surface area contributed by atoms with Crippen molar-refractivity contribution in [3.63, 3.8) is 0 Å². The number of methoxy groups -OCH3 is 1. The van der Waals surface area contributed by atoms with E-state index in [1.807, 2.05) is 0 Å². The number of aldehydes is 1. The monoisotopic (exact) mass is 345 g/mol. The van der Waals surface area contributed by atoms with Gasteiger partial charge in [0.1, 0.15) is 11.9 Å². The van der Waals surface area contributed by atoms with Gasteiger partial charge in [-0.2, -0.15) is 0 Å². The first kappa shape index (κ1) is 21.9. The van der Waals surface area contributed by atoms with Crippen LogP contribution >= 0.6 is 0 Å². The summed E-state index contributed by atoms with van der Waals surface area (Å²) >= 11 is 0. The first-order valence-corrected chi connectivity index (χ1v) is 7.51. The molecule has 1 N–H and O–H groups in total. The van der Waals surface area contributed by atoms with E-state index in [4.69, 9.17) is 4.74 Å². The topological polar surface area (TPSA) is 110 Å². The number of ether oxygens (including phenoxy) is 2. The largest absolute Gasteiger partial charge is 0.468 e. The molecule has 0 spiro atoms. The molecule has 0 aromatic rings. The lowest BCUT2D eigenvalue weighted by Gasteiger charge is -2.36. The highest BCUT2D eigenvalue weighted by molar-refractivity contribution is 5.97. The predicted octanol–water partition coefficient (Wildman–Crippen LogP) is 1.71. The molecule has 2 atom stereocenters. The number of carboxylic acid groups (broad SMARTS) is 1. The molecule has 0 fully saturated rings. The smallest absolute Gasteiger partial charge is 0.407 e. The molecule has 0 heterocycles. The van der Waals surface area contributed by atoms with Crippen LogP contribution in [0.25, 0.3) is 0 Å². The molecular weight excluding hydrogens is 318 g/mol. The van der Waals surface area contributed by atoms with Crippen LogP contribution in [-0.2, 0) is 23.9 Å². The van der Waals surface area contributed by atoms with Crippen molar-refractivity contribution in [1.29, 1.82) is 0 Å². The van der Waals surface area contributed by atoms with Gasteiger partial charge in [0.15, 0.2) is 5.92 Å². The highest BCUT2D eigenvalue weighted by atomic mass is 16.6. The van der Waals surface area contributed by atoms with Crippen LogP contribution in [0.5, 0.6) is 0 Å². The number of hydrogen-bond acceptors (Lipinski definition) is 6. The van der Waals surface area contributed by atoms with Gasteiger partial charge in [-0.15, -0.1) is 0 Å². The molecule has 0 aliphatic carbocycles. The molecule has 8 nitrogen and oxygen atoms in total. The lowest BCUT2D eigenvalue weighted by Crippen LogP contribution is -2.50. The minimum absolute atomic E-state index is 0.332. The van der Waals surface area contributed by atoms with Crippen LogP contribution in [0.4, 0.5) is 4.79 Å². The summed E-state index contributed by atoms with van der Waals surface area (Å²) in [5.74, 6) is -4.62. The van der Waals surface area contributed by atoms with Gasteiger partial charge in [-0.3, -0.25) is 9.59 Å². The summed E-state index contributed by atoms with van der Waals surface area (Å²) < 4.78 is 9.76. The highest BCUT2D eigenvalue weighted by Crippen LogP contribution is 2.23. The van der Waals surface area contributed by atoms with Gasteiger partial charge in [-0.05, 0) is 41.5 Å². The van der Waals surface area contributed by atoms with Crippen molar-refractivity contribution >= 4 is 24.3 Å². The standard InChI is InChI=1S/C16H27NO7/c1-15(2,3)17(14(21)22)8-10(9-18)11(12(19)23-7)13(20)24-16(4,5)6/h9-11H,8H2,1-7H3,(H,21,22)/t10-,11?/m0/s1. The third kappa shape index (κ3) is 6.55. The van der Waals surface area contributed by atoms with Crippen molar-refractivity contribution in [1.82, 2.24) is 4.90 Å². The minimum atomic E-state index is -1.53. The fourth-order valence-corrected chi connectivity index (χ4v) is 2.01. The van der Waals surface area contributed by atoms with Crippen LogP contribution in [0.2, 0.25) is 0 Å². The maximum absolute atomic E-state index is 12.3. The van der Waals surface area contributed by atoms with Gasteiger partial charge in [0.05, 0.1) is 13.0 Å².